The van der Waals surface area contributed by atoms with E-state index in [4.69, 9.17) is 51.1 Å². The van der Waals surface area contributed by atoms with Crippen LogP contribution in [-0.4, -0.2) is 12.1 Å². The molecule has 3 aromatic carbocycles. The number of hydrazone groups is 1. The molecular formula is C22H16Cl4N2O2. The summed E-state index contributed by atoms with van der Waals surface area (Å²) >= 11 is 24.3. The Balaban J connectivity index is 1.60. The van der Waals surface area contributed by atoms with Crippen LogP contribution in [0.25, 0.3) is 0 Å². The number of rotatable bonds is 6. The molecule has 0 spiro atoms. The number of amides is 1. The van der Waals surface area contributed by atoms with Gasteiger partial charge in [0.15, 0.2) is 0 Å². The zero-order valence-electron chi connectivity index (χ0n) is 15.8. The molecule has 8 heteroatoms. The first-order valence-corrected chi connectivity index (χ1v) is 10.3. The number of halogens is 4. The minimum Gasteiger partial charge on any atom is -0.487 e. The van der Waals surface area contributed by atoms with Gasteiger partial charge in [0.1, 0.15) is 12.4 Å². The molecule has 0 saturated carbocycles. The third-order valence-electron chi connectivity index (χ3n) is 4.08. The van der Waals surface area contributed by atoms with Gasteiger partial charge in [-0.05, 0) is 66.1 Å². The van der Waals surface area contributed by atoms with Gasteiger partial charge in [0.05, 0.1) is 31.9 Å². The Kier molecular flexibility index (Phi) is 7.62. The van der Waals surface area contributed by atoms with Crippen molar-refractivity contribution in [3.8, 4) is 5.75 Å². The first-order chi connectivity index (χ1) is 14.3. The molecule has 0 radical (unpaired) electrons. The quantitative estimate of drug-likeness (QED) is 0.305. The molecule has 0 atom stereocenters. The van der Waals surface area contributed by atoms with Crippen molar-refractivity contribution >= 4 is 58.5 Å². The lowest BCUT2D eigenvalue weighted by Gasteiger charge is -2.09. The first kappa shape index (κ1) is 22.4. The molecule has 0 fully saturated rings. The van der Waals surface area contributed by atoms with Gasteiger partial charge in [-0.2, -0.15) is 5.10 Å². The molecule has 0 unspecified atom stereocenters. The van der Waals surface area contributed by atoms with Gasteiger partial charge in [-0.3, -0.25) is 4.79 Å². The van der Waals surface area contributed by atoms with Crippen molar-refractivity contribution in [2.45, 2.75) is 13.5 Å². The molecule has 3 aromatic rings. The predicted molar refractivity (Wildman–Crippen MR) is 123 cm³/mol. The van der Waals surface area contributed by atoms with E-state index in [-0.39, 0.29) is 6.61 Å². The number of aryl methyl sites for hydroxylation is 1. The molecule has 0 aromatic heterocycles. The second-order valence-corrected chi connectivity index (χ2v) is 8.04. The fraction of sp³-hybridized carbons (Fsp3) is 0.0909. The van der Waals surface area contributed by atoms with E-state index in [9.17, 15) is 4.79 Å². The van der Waals surface area contributed by atoms with Crippen LogP contribution in [0.15, 0.2) is 59.7 Å². The Morgan fingerprint density at radius 2 is 1.73 bits per heavy atom. The fourth-order valence-electron chi connectivity index (χ4n) is 2.53. The smallest absolute Gasteiger partial charge is 0.272 e. The fourth-order valence-corrected chi connectivity index (χ4v) is 3.42. The number of ether oxygens (including phenoxy) is 1. The number of nitrogens with zero attached hydrogens (tertiary/aromatic N) is 1. The molecule has 0 aliphatic rings. The maximum atomic E-state index is 12.2. The molecule has 4 nitrogen and oxygen atoms in total. The van der Waals surface area contributed by atoms with Gasteiger partial charge in [0.25, 0.3) is 5.91 Å². The zero-order valence-corrected chi connectivity index (χ0v) is 18.8. The molecule has 0 aliphatic carbocycles. The third-order valence-corrected chi connectivity index (χ3v) is 5.43. The van der Waals surface area contributed by atoms with E-state index in [1.165, 1.54) is 6.21 Å². The van der Waals surface area contributed by atoms with E-state index >= 15 is 0 Å². The zero-order chi connectivity index (χ0) is 21.7. The van der Waals surface area contributed by atoms with Crippen molar-refractivity contribution in [2.75, 3.05) is 0 Å². The van der Waals surface area contributed by atoms with Gasteiger partial charge in [-0.1, -0.05) is 58.5 Å². The maximum Gasteiger partial charge on any atom is 0.272 e. The number of carbonyl (C=O) groups excluding carboxylic acids is 1. The second-order valence-electron chi connectivity index (χ2n) is 6.41. The van der Waals surface area contributed by atoms with Crippen molar-refractivity contribution in [1.82, 2.24) is 5.43 Å². The van der Waals surface area contributed by atoms with E-state index in [1.54, 1.807) is 48.5 Å². The number of hydrogen-bond acceptors (Lipinski definition) is 3. The monoisotopic (exact) mass is 480 g/mol. The van der Waals surface area contributed by atoms with Crippen LogP contribution in [-0.2, 0) is 6.61 Å². The summed E-state index contributed by atoms with van der Waals surface area (Å²) in [4.78, 5) is 12.2. The largest absolute Gasteiger partial charge is 0.487 e. The SMILES string of the molecule is Cc1ccc(C(=O)N/N=C\c2ccc(OCc3ccc(Cl)c(Cl)c3)c(Cl)c2)c(Cl)c1. The van der Waals surface area contributed by atoms with Gasteiger partial charge in [0.2, 0.25) is 0 Å². The lowest BCUT2D eigenvalue weighted by Crippen LogP contribution is -2.18. The van der Waals surface area contributed by atoms with Crippen molar-refractivity contribution in [2.24, 2.45) is 5.10 Å². The Labute approximate surface area is 194 Å². The molecule has 0 aliphatic heterocycles. The van der Waals surface area contributed by atoms with E-state index in [1.807, 2.05) is 13.0 Å². The molecule has 1 N–H and O–H groups in total. The van der Waals surface area contributed by atoms with E-state index in [0.29, 0.717) is 37.0 Å². The average molecular weight is 482 g/mol. The number of hydrogen-bond donors (Lipinski definition) is 1. The summed E-state index contributed by atoms with van der Waals surface area (Å²) in [6, 6.07) is 15.6. The lowest BCUT2D eigenvalue weighted by molar-refractivity contribution is 0.0955. The topological polar surface area (TPSA) is 50.7 Å². The summed E-state index contributed by atoms with van der Waals surface area (Å²) < 4.78 is 5.73. The van der Waals surface area contributed by atoms with Crippen LogP contribution in [0.3, 0.4) is 0 Å². The molecule has 3 rings (SSSR count). The van der Waals surface area contributed by atoms with Crippen LogP contribution in [0.4, 0.5) is 0 Å². The maximum absolute atomic E-state index is 12.2. The van der Waals surface area contributed by atoms with Crippen molar-refractivity contribution in [1.29, 1.82) is 0 Å². The molecule has 0 saturated heterocycles. The Morgan fingerprint density at radius 1 is 0.933 bits per heavy atom. The summed E-state index contributed by atoms with van der Waals surface area (Å²) in [5, 5.41) is 5.68. The average Bonchev–Trinajstić information content (AvgIpc) is 2.69. The molecule has 154 valence electrons. The first-order valence-electron chi connectivity index (χ1n) is 8.79. The highest BCUT2D eigenvalue weighted by molar-refractivity contribution is 6.42. The van der Waals surface area contributed by atoms with Gasteiger partial charge in [-0.25, -0.2) is 5.43 Å². The second kappa shape index (κ2) is 10.2. The van der Waals surface area contributed by atoms with Gasteiger partial charge in [-0.15, -0.1) is 0 Å². The summed E-state index contributed by atoms with van der Waals surface area (Å²) in [6.45, 7) is 2.19. The van der Waals surface area contributed by atoms with Gasteiger partial charge >= 0.3 is 0 Å². The number of carbonyl (C=O) groups is 1. The lowest BCUT2D eigenvalue weighted by atomic mass is 10.1. The summed E-state index contributed by atoms with van der Waals surface area (Å²) in [6.07, 6.45) is 1.48. The normalized spacial score (nSPS) is 11.0. The van der Waals surface area contributed by atoms with Crippen LogP contribution in [0.1, 0.15) is 27.0 Å². The highest BCUT2D eigenvalue weighted by Crippen LogP contribution is 2.27. The standard InChI is InChI=1S/C22H16Cl4N2O2/c1-13-2-5-16(18(24)8-13)22(29)28-27-11-14-4-7-21(20(26)9-14)30-12-15-3-6-17(23)19(25)10-15/h2-11H,12H2,1H3,(H,28,29)/b27-11-. The summed E-state index contributed by atoms with van der Waals surface area (Å²) in [5.41, 5.74) is 5.32. The molecule has 30 heavy (non-hydrogen) atoms. The minimum absolute atomic E-state index is 0.289. The Hall–Kier alpha value is -2.24. The van der Waals surface area contributed by atoms with Crippen LogP contribution >= 0.6 is 46.4 Å². The van der Waals surface area contributed by atoms with Gasteiger partial charge in [0, 0.05) is 0 Å². The van der Waals surface area contributed by atoms with Crippen LogP contribution in [0.2, 0.25) is 20.1 Å². The van der Waals surface area contributed by atoms with Crippen molar-refractivity contribution in [3.05, 3.63) is 96.9 Å². The minimum atomic E-state index is -0.399. The van der Waals surface area contributed by atoms with Crippen molar-refractivity contribution in [3.63, 3.8) is 0 Å². The predicted octanol–water partition coefficient (Wildman–Crippen LogP) is 6.95. The Morgan fingerprint density at radius 3 is 2.43 bits per heavy atom. The number of nitrogens with one attached hydrogen (secondary N) is 1. The van der Waals surface area contributed by atoms with Crippen LogP contribution < -0.4 is 10.2 Å². The van der Waals surface area contributed by atoms with E-state index < -0.39 is 5.91 Å². The summed E-state index contributed by atoms with van der Waals surface area (Å²) in [7, 11) is 0. The molecule has 1 amide bonds. The van der Waals surface area contributed by atoms with E-state index in [0.717, 1.165) is 11.1 Å². The Bertz CT molecular complexity index is 1120. The highest BCUT2D eigenvalue weighted by Gasteiger charge is 2.09. The summed E-state index contributed by atoms with van der Waals surface area (Å²) in [5.74, 6) is 0.110. The van der Waals surface area contributed by atoms with Gasteiger partial charge < -0.3 is 4.74 Å². The van der Waals surface area contributed by atoms with Crippen molar-refractivity contribution < 1.29 is 9.53 Å². The molecular weight excluding hydrogens is 466 g/mol. The molecule has 0 bridgehead atoms. The van der Waals surface area contributed by atoms with Crippen LogP contribution in [0, 0.1) is 6.92 Å². The van der Waals surface area contributed by atoms with Crippen LogP contribution in [0.5, 0.6) is 5.75 Å². The number of benzene rings is 3. The molecule has 0 heterocycles. The van der Waals surface area contributed by atoms with E-state index in [2.05, 4.69) is 10.5 Å². The third kappa shape index (κ3) is 5.89. The highest BCUT2D eigenvalue weighted by atomic mass is 35.5.